The minimum absolute atomic E-state index is 0.450. The van der Waals surface area contributed by atoms with Crippen molar-refractivity contribution in [2.24, 2.45) is 0 Å². The van der Waals surface area contributed by atoms with E-state index in [-0.39, 0.29) is 0 Å². The van der Waals surface area contributed by atoms with Crippen LogP contribution in [-0.4, -0.2) is 57.3 Å². The molecule has 7 nitrogen and oxygen atoms in total. The van der Waals surface area contributed by atoms with Crippen molar-refractivity contribution in [2.75, 3.05) is 49.8 Å². The summed E-state index contributed by atoms with van der Waals surface area (Å²) >= 11 is 6.56. The smallest absolute Gasteiger partial charge is 0.211 e. The maximum atomic E-state index is 11.7. The van der Waals surface area contributed by atoms with E-state index in [2.05, 4.69) is 15.2 Å². The average Bonchev–Trinajstić information content (AvgIpc) is 2.67. The number of nitrogens with one attached hydrogen (secondary N) is 1. The molecule has 1 aliphatic rings. The molecule has 1 aromatic carbocycles. The van der Waals surface area contributed by atoms with Gasteiger partial charge >= 0.3 is 0 Å². The Balaban J connectivity index is 1.67. The second-order valence-corrected chi connectivity index (χ2v) is 8.70. The highest BCUT2D eigenvalue weighted by molar-refractivity contribution is 7.88. The summed E-state index contributed by atoms with van der Waals surface area (Å²) in [5.41, 5.74) is 1.94. The van der Waals surface area contributed by atoms with Gasteiger partial charge in [0.05, 0.1) is 19.1 Å². The predicted octanol–water partition coefficient (Wildman–Crippen LogP) is 2.44. The van der Waals surface area contributed by atoms with Gasteiger partial charge in [0, 0.05) is 38.9 Å². The number of anilines is 2. The van der Waals surface area contributed by atoms with Crippen LogP contribution in [0.2, 0.25) is 5.02 Å². The molecule has 1 N–H and O–H groups in total. The molecule has 0 bridgehead atoms. The Hall–Kier alpha value is -2.03. The van der Waals surface area contributed by atoms with E-state index in [0.29, 0.717) is 43.6 Å². The van der Waals surface area contributed by atoms with Crippen molar-refractivity contribution in [3.05, 3.63) is 47.1 Å². The van der Waals surface area contributed by atoms with E-state index in [9.17, 15) is 8.42 Å². The van der Waals surface area contributed by atoms with Crippen molar-refractivity contribution in [3.8, 4) is 5.75 Å². The number of sulfonamides is 1. The second-order valence-electron chi connectivity index (χ2n) is 6.34. The lowest BCUT2D eigenvalue weighted by atomic mass is 10.2. The predicted molar refractivity (Wildman–Crippen MR) is 108 cm³/mol. The molecule has 9 heteroatoms. The number of rotatable bonds is 6. The Morgan fingerprint density at radius 1 is 1.15 bits per heavy atom. The van der Waals surface area contributed by atoms with Crippen molar-refractivity contribution >= 4 is 33.1 Å². The Morgan fingerprint density at radius 3 is 2.41 bits per heavy atom. The Labute approximate surface area is 165 Å². The molecule has 1 aromatic heterocycles. The Bertz CT molecular complexity index is 882. The standard InChI is InChI=1S/C18H23ClN4O3S/c1-26-15-5-3-14(4-6-15)13-21-18-17(19)16(7-8-20-18)22-9-11-23(12-10-22)27(2,24)25/h3-8H,9-13H2,1-2H3,(H,20,21). The number of methoxy groups -OCH3 is 1. The molecule has 0 spiro atoms. The molecule has 2 aromatic rings. The van der Waals surface area contributed by atoms with Crippen LogP contribution in [-0.2, 0) is 16.6 Å². The fourth-order valence-corrected chi connectivity index (χ4v) is 4.12. The molecule has 2 heterocycles. The zero-order valence-corrected chi connectivity index (χ0v) is 16.9. The molecule has 0 atom stereocenters. The zero-order chi connectivity index (χ0) is 19.4. The van der Waals surface area contributed by atoms with Crippen LogP contribution in [0.1, 0.15) is 5.56 Å². The van der Waals surface area contributed by atoms with Gasteiger partial charge in [-0.2, -0.15) is 4.31 Å². The highest BCUT2D eigenvalue weighted by Gasteiger charge is 2.25. The number of benzene rings is 1. The first-order chi connectivity index (χ1) is 12.9. The van der Waals surface area contributed by atoms with Crippen LogP contribution >= 0.6 is 11.6 Å². The number of pyridine rings is 1. The summed E-state index contributed by atoms with van der Waals surface area (Å²) in [6.45, 7) is 2.67. The topological polar surface area (TPSA) is 74.8 Å². The first kappa shape index (κ1) is 19.7. The summed E-state index contributed by atoms with van der Waals surface area (Å²) in [6.07, 6.45) is 2.95. The number of hydrogen-bond acceptors (Lipinski definition) is 6. The van der Waals surface area contributed by atoms with Gasteiger partial charge in [-0.05, 0) is 23.8 Å². The van der Waals surface area contributed by atoms with Crippen molar-refractivity contribution in [2.45, 2.75) is 6.54 Å². The van der Waals surface area contributed by atoms with E-state index >= 15 is 0 Å². The normalized spacial score (nSPS) is 15.6. The van der Waals surface area contributed by atoms with Crippen LogP contribution < -0.4 is 15.0 Å². The molecule has 0 saturated carbocycles. The highest BCUT2D eigenvalue weighted by atomic mass is 35.5. The van der Waals surface area contributed by atoms with Crippen LogP contribution in [0.4, 0.5) is 11.5 Å². The third kappa shape index (κ3) is 4.82. The van der Waals surface area contributed by atoms with Gasteiger partial charge in [0.2, 0.25) is 10.0 Å². The maximum absolute atomic E-state index is 11.7. The van der Waals surface area contributed by atoms with Crippen molar-refractivity contribution in [1.82, 2.24) is 9.29 Å². The molecule has 27 heavy (non-hydrogen) atoms. The lowest BCUT2D eigenvalue weighted by molar-refractivity contribution is 0.388. The van der Waals surface area contributed by atoms with Gasteiger partial charge in [0.25, 0.3) is 0 Å². The van der Waals surface area contributed by atoms with E-state index in [1.165, 1.54) is 10.6 Å². The first-order valence-corrected chi connectivity index (χ1v) is 10.8. The molecule has 0 unspecified atom stereocenters. The van der Waals surface area contributed by atoms with Gasteiger partial charge in [-0.1, -0.05) is 23.7 Å². The Morgan fingerprint density at radius 2 is 1.81 bits per heavy atom. The summed E-state index contributed by atoms with van der Waals surface area (Å²) in [5.74, 6) is 1.42. The largest absolute Gasteiger partial charge is 0.497 e. The summed E-state index contributed by atoms with van der Waals surface area (Å²) in [4.78, 5) is 6.42. The molecule has 0 aliphatic carbocycles. The van der Waals surface area contributed by atoms with Crippen LogP contribution in [0.5, 0.6) is 5.75 Å². The summed E-state index contributed by atoms with van der Waals surface area (Å²) in [5, 5.41) is 3.80. The van der Waals surface area contributed by atoms with Gasteiger partial charge in [0.15, 0.2) is 0 Å². The number of ether oxygens (including phenoxy) is 1. The minimum Gasteiger partial charge on any atom is -0.497 e. The number of nitrogens with zero attached hydrogens (tertiary/aromatic N) is 3. The van der Waals surface area contributed by atoms with E-state index < -0.39 is 10.0 Å². The third-order valence-electron chi connectivity index (χ3n) is 4.54. The van der Waals surface area contributed by atoms with E-state index in [1.54, 1.807) is 13.3 Å². The van der Waals surface area contributed by atoms with Gasteiger partial charge in [-0.3, -0.25) is 0 Å². The van der Waals surface area contributed by atoms with Crippen LogP contribution in [0, 0.1) is 0 Å². The molecule has 1 saturated heterocycles. The van der Waals surface area contributed by atoms with Crippen LogP contribution in [0.25, 0.3) is 0 Å². The van der Waals surface area contributed by atoms with Gasteiger partial charge in [-0.25, -0.2) is 13.4 Å². The molecule has 0 amide bonds. The number of aromatic nitrogens is 1. The lowest BCUT2D eigenvalue weighted by Gasteiger charge is -2.35. The third-order valence-corrected chi connectivity index (χ3v) is 6.21. The Kier molecular flexibility index (Phi) is 6.08. The summed E-state index contributed by atoms with van der Waals surface area (Å²) < 4.78 is 30.0. The first-order valence-electron chi connectivity index (χ1n) is 8.60. The lowest BCUT2D eigenvalue weighted by Crippen LogP contribution is -2.48. The van der Waals surface area contributed by atoms with Gasteiger partial charge in [-0.15, -0.1) is 0 Å². The molecule has 0 radical (unpaired) electrons. The van der Waals surface area contributed by atoms with Gasteiger partial charge < -0.3 is 15.0 Å². The summed E-state index contributed by atoms with van der Waals surface area (Å²) in [6, 6.07) is 9.63. The van der Waals surface area contributed by atoms with Crippen LogP contribution in [0.3, 0.4) is 0 Å². The van der Waals surface area contributed by atoms with E-state index in [4.69, 9.17) is 16.3 Å². The fraction of sp³-hybridized carbons (Fsp3) is 0.389. The van der Waals surface area contributed by atoms with Crippen molar-refractivity contribution < 1.29 is 13.2 Å². The summed E-state index contributed by atoms with van der Waals surface area (Å²) in [7, 11) is -1.52. The van der Waals surface area contributed by atoms with E-state index in [0.717, 1.165) is 17.0 Å². The van der Waals surface area contributed by atoms with Crippen molar-refractivity contribution in [1.29, 1.82) is 0 Å². The molecule has 1 aliphatic heterocycles. The van der Waals surface area contributed by atoms with E-state index in [1.807, 2.05) is 30.3 Å². The van der Waals surface area contributed by atoms with Crippen LogP contribution in [0.15, 0.2) is 36.5 Å². The van der Waals surface area contributed by atoms with Crippen molar-refractivity contribution in [3.63, 3.8) is 0 Å². The quantitative estimate of drug-likeness (QED) is 0.788. The fourth-order valence-electron chi connectivity index (χ4n) is 2.99. The highest BCUT2D eigenvalue weighted by Crippen LogP contribution is 2.32. The molecule has 1 fully saturated rings. The molecular formula is C18H23ClN4O3S. The number of piperazine rings is 1. The average molecular weight is 411 g/mol. The van der Waals surface area contributed by atoms with Gasteiger partial charge in [0.1, 0.15) is 16.6 Å². The molecule has 146 valence electrons. The zero-order valence-electron chi connectivity index (χ0n) is 15.4. The SMILES string of the molecule is COc1ccc(CNc2nccc(N3CCN(S(C)(=O)=O)CC3)c2Cl)cc1. The maximum Gasteiger partial charge on any atom is 0.211 e. The minimum atomic E-state index is -3.15. The number of halogens is 1. The monoisotopic (exact) mass is 410 g/mol. The number of hydrogen-bond donors (Lipinski definition) is 1. The molecular weight excluding hydrogens is 388 g/mol. The second kappa shape index (κ2) is 8.33. The molecule has 3 rings (SSSR count).